The zero-order valence-corrected chi connectivity index (χ0v) is 10.2. The molecule has 3 heteroatoms. The van der Waals surface area contributed by atoms with Crippen LogP contribution >= 0.6 is 0 Å². The van der Waals surface area contributed by atoms with Crippen molar-refractivity contribution >= 4 is 21.5 Å². The maximum absolute atomic E-state index is 12.9. The van der Waals surface area contributed by atoms with E-state index in [9.17, 15) is 8.78 Å². The largest absolute Gasteiger partial charge is 0.319 e. The van der Waals surface area contributed by atoms with Gasteiger partial charge in [0.1, 0.15) is 0 Å². The second-order valence-electron chi connectivity index (χ2n) is 4.59. The van der Waals surface area contributed by atoms with E-state index in [0.717, 1.165) is 21.5 Å². The topological polar surface area (TPSA) is 26.0 Å². The van der Waals surface area contributed by atoms with E-state index in [-0.39, 0.29) is 0 Å². The molecule has 3 aromatic rings. The Kier molecular flexibility index (Phi) is 2.91. The van der Waals surface area contributed by atoms with Crippen LogP contribution in [0, 0.1) is 0 Å². The summed E-state index contributed by atoms with van der Waals surface area (Å²) in [4.78, 5) is 0. The molecule has 96 valence electrons. The van der Waals surface area contributed by atoms with Crippen molar-refractivity contribution in [1.29, 1.82) is 0 Å². The summed E-state index contributed by atoms with van der Waals surface area (Å²) >= 11 is 0. The third-order valence-corrected chi connectivity index (χ3v) is 3.43. The Labute approximate surface area is 109 Å². The molecule has 19 heavy (non-hydrogen) atoms. The van der Waals surface area contributed by atoms with Crippen LogP contribution in [0.3, 0.4) is 0 Å². The minimum Gasteiger partial charge on any atom is -0.319 e. The van der Waals surface area contributed by atoms with Crippen molar-refractivity contribution in [2.24, 2.45) is 5.73 Å². The summed E-state index contributed by atoms with van der Waals surface area (Å²) in [6, 6.07) is 15.8. The first kappa shape index (κ1) is 12.1. The summed E-state index contributed by atoms with van der Waals surface area (Å²) in [6.45, 7) is 0. The predicted molar refractivity (Wildman–Crippen MR) is 74.4 cm³/mol. The average Bonchev–Trinajstić information content (AvgIpc) is 2.45. The first-order valence-electron chi connectivity index (χ1n) is 6.12. The molecule has 0 saturated carbocycles. The molecule has 1 atom stereocenters. The monoisotopic (exact) mass is 257 g/mol. The smallest absolute Gasteiger partial charge is 0.257 e. The zero-order valence-electron chi connectivity index (χ0n) is 10.2. The summed E-state index contributed by atoms with van der Waals surface area (Å²) in [5.74, 6) is 0. The number of rotatable bonds is 2. The van der Waals surface area contributed by atoms with E-state index in [1.54, 1.807) is 6.07 Å². The fourth-order valence-electron chi connectivity index (χ4n) is 2.49. The van der Waals surface area contributed by atoms with Crippen LogP contribution < -0.4 is 5.73 Å². The summed E-state index contributed by atoms with van der Waals surface area (Å²) in [5.41, 5.74) is 6.15. The molecule has 0 spiro atoms. The second-order valence-corrected chi connectivity index (χ2v) is 4.59. The number of alkyl halides is 2. The highest BCUT2D eigenvalue weighted by atomic mass is 19.3. The zero-order chi connectivity index (χ0) is 13.4. The van der Waals surface area contributed by atoms with Gasteiger partial charge in [-0.25, -0.2) is 8.78 Å². The van der Waals surface area contributed by atoms with Gasteiger partial charge in [0.05, 0.1) is 6.04 Å². The number of fused-ring (bicyclic) bond motifs is 3. The summed E-state index contributed by atoms with van der Waals surface area (Å²) in [7, 11) is 0. The Bertz CT molecular complexity index is 737. The molecule has 0 heterocycles. The highest BCUT2D eigenvalue weighted by molar-refractivity contribution is 6.09. The maximum atomic E-state index is 12.9. The number of halogens is 2. The van der Waals surface area contributed by atoms with E-state index in [2.05, 4.69) is 0 Å². The van der Waals surface area contributed by atoms with Crippen molar-refractivity contribution in [3.8, 4) is 0 Å². The molecule has 0 aliphatic rings. The van der Waals surface area contributed by atoms with Gasteiger partial charge in [0.15, 0.2) is 0 Å². The Balaban J connectivity index is 2.42. The van der Waals surface area contributed by atoms with E-state index in [0.29, 0.717) is 5.56 Å². The highest BCUT2D eigenvalue weighted by Crippen LogP contribution is 2.32. The summed E-state index contributed by atoms with van der Waals surface area (Å²) < 4.78 is 25.8. The van der Waals surface area contributed by atoms with Crippen LogP contribution in [0.5, 0.6) is 0 Å². The summed E-state index contributed by atoms with van der Waals surface area (Å²) in [5, 5.41) is 3.76. The molecule has 0 aliphatic carbocycles. The molecule has 3 rings (SSSR count). The standard InChI is InChI=1S/C16H13F2N/c17-16(18)15(19)14-9-10-5-1-2-6-11(10)12-7-3-4-8-13(12)14/h1-9,15-16H,19H2/t15-/m0/s1. The quantitative estimate of drug-likeness (QED) is 0.682. The average molecular weight is 257 g/mol. The maximum Gasteiger partial charge on any atom is 0.257 e. The Hall–Kier alpha value is -2.00. The fourth-order valence-corrected chi connectivity index (χ4v) is 2.49. The molecule has 2 N–H and O–H groups in total. The first-order chi connectivity index (χ1) is 9.18. The van der Waals surface area contributed by atoms with Gasteiger partial charge in [-0.15, -0.1) is 0 Å². The van der Waals surface area contributed by atoms with Crippen molar-refractivity contribution in [3.63, 3.8) is 0 Å². The normalized spacial score (nSPS) is 13.3. The van der Waals surface area contributed by atoms with Crippen LogP contribution in [-0.2, 0) is 0 Å². The molecule has 0 radical (unpaired) electrons. The van der Waals surface area contributed by atoms with Crippen molar-refractivity contribution in [2.75, 3.05) is 0 Å². The Morgan fingerprint density at radius 2 is 1.37 bits per heavy atom. The van der Waals surface area contributed by atoms with Crippen LogP contribution in [0.4, 0.5) is 8.78 Å². The van der Waals surface area contributed by atoms with Gasteiger partial charge in [0.25, 0.3) is 6.43 Å². The lowest BCUT2D eigenvalue weighted by molar-refractivity contribution is 0.117. The van der Waals surface area contributed by atoms with Gasteiger partial charge < -0.3 is 5.73 Å². The van der Waals surface area contributed by atoms with Gasteiger partial charge >= 0.3 is 0 Å². The van der Waals surface area contributed by atoms with E-state index in [1.807, 2.05) is 48.5 Å². The van der Waals surface area contributed by atoms with Crippen LogP contribution in [0.1, 0.15) is 11.6 Å². The number of hydrogen-bond donors (Lipinski definition) is 1. The van der Waals surface area contributed by atoms with E-state index < -0.39 is 12.5 Å². The second kappa shape index (κ2) is 4.59. The van der Waals surface area contributed by atoms with Crippen LogP contribution in [0.2, 0.25) is 0 Å². The third-order valence-electron chi connectivity index (χ3n) is 3.43. The Morgan fingerprint density at radius 3 is 2.05 bits per heavy atom. The molecule has 0 bridgehead atoms. The van der Waals surface area contributed by atoms with Crippen molar-refractivity contribution in [1.82, 2.24) is 0 Å². The van der Waals surface area contributed by atoms with E-state index in [1.165, 1.54) is 0 Å². The molecule has 0 aromatic heterocycles. The lowest BCUT2D eigenvalue weighted by atomic mass is 9.94. The molecule has 0 saturated heterocycles. The van der Waals surface area contributed by atoms with Crippen LogP contribution in [0.15, 0.2) is 54.6 Å². The molecule has 3 aromatic carbocycles. The van der Waals surface area contributed by atoms with Crippen molar-refractivity contribution in [3.05, 3.63) is 60.2 Å². The lowest BCUT2D eigenvalue weighted by Gasteiger charge is -2.16. The van der Waals surface area contributed by atoms with Gasteiger partial charge in [0.2, 0.25) is 0 Å². The molecular weight excluding hydrogens is 244 g/mol. The number of benzene rings is 3. The van der Waals surface area contributed by atoms with Gasteiger partial charge in [0, 0.05) is 0 Å². The van der Waals surface area contributed by atoms with E-state index >= 15 is 0 Å². The molecule has 0 amide bonds. The van der Waals surface area contributed by atoms with Crippen molar-refractivity contribution in [2.45, 2.75) is 12.5 Å². The number of nitrogens with two attached hydrogens (primary N) is 1. The van der Waals surface area contributed by atoms with E-state index in [4.69, 9.17) is 5.73 Å². The molecule has 0 unspecified atom stereocenters. The van der Waals surface area contributed by atoms with Gasteiger partial charge in [-0.1, -0.05) is 48.5 Å². The minimum atomic E-state index is -2.57. The molecule has 0 aliphatic heterocycles. The molecular formula is C16H13F2N. The van der Waals surface area contributed by atoms with Crippen molar-refractivity contribution < 1.29 is 8.78 Å². The molecule has 0 fully saturated rings. The predicted octanol–water partition coefficient (Wildman–Crippen LogP) is 4.26. The van der Waals surface area contributed by atoms with Gasteiger partial charge in [-0.3, -0.25) is 0 Å². The lowest BCUT2D eigenvalue weighted by Crippen LogP contribution is -2.19. The van der Waals surface area contributed by atoms with Crippen LogP contribution in [-0.4, -0.2) is 6.43 Å². The third kappa shape index (κ3) is 1.96. The van der Waals surface area contributed by atoms with Gasteiger partial charge in [-0.05, 0) is 33.2 Å². The molecule has 1 nitrogen and oxygen atoms in total. The minimum absolute atomic E-state index is 0.504. The van der Waals surface area contributed by atoms with Gasteiger partial charge in [-0.2, -0.15) is 0 Å². The summed E-state index contributed by atoms with van der Waals surface area (Å²) in [6.07, 6.45) is -2.57. The highest BCUT2D eigenvalue weighted by Gasteiger charge is 2.20. The Morgan fingerprint density at radius 1 is 0.789 bits per heavy atom. The first-order valence-corrected chi connectivity index (χ1v) is 6.12. The SMILES string of the molecule is N[C@@H](c1cc2ccccc2c2ccccc12)C(F)F. The number of hydrogen-bond acceptors (Lipinski definition) is 1. The fraction of sp³-hybridized carbons (Fsp3) is 0.125. The van der Waals surface area contributed by atoms with Crippen LogP contribution in [0.25, 0.3) is 21.5 Å².